The van der Waals surface area contributed by atoms with Gasteiger partial charge in [0.2, 0.25) is 0 Å². The van der Waals surface area contributed by atoms with E-state index in [1.165, 1.54) is 57.8 Å². The summed E-state index contributed by atoms with van der Waals surface area (Å²) < 4.78 is 6.27. The normalized spacial score (nSPS) is 62.5. The van der Waals surface area contributed by atoms with Crippen LogP contribution in [-0.4, -0.2) is 24.9 Å². The molecule has 12 atom stereocenters. The van der Waals surface area contributed by atoms with Crippen molar-refractivity contribution in [1.29, 1.82) is 0 Å². The summed E-state index contributed by atoms with van der Waals surface area (Å²) in [6.07, 6.45) is 13.5. The van der Waals surface area contributed by atoms with Gasteiger partial charge in [0.05, 0.1) is 6.10 Å². The summed E-state index contributed by atoms with van der Waals surface area (Å²) in [6, 6.07) is 0. The standard InChI is InChI=1S/C26H42O2/c1-15(18-11-16(18)14-27)20-5-6-21-19-12-23(28-4)26-13-17(26)7-10-25(26,3)22(19)8-9-24(20,21)2/h15-23,27H,5-14H2,1-4H3/t15-,16-,17-,18-,19+,20-,21+,22+,23-,24-,25-,26+/m1/s1. The molecule has 0 amide bonds. The minimum absolute atomic E-state index is 0.420. The van der Waals surface area contributed by atoms with Gasteiger partial charge in [-0.25, -0.2) is 0 Å². The molecule has 0 aromatic heterocycles. The summed E-state index contributed by atoms with van der Waals surface area (Å²) in [5.41, 5.74) is 1.67. The predicted molar refractivity (Wildman–Crippen MR) is 112 cm³/mol. The molecule has 1 N–H and O–H groups in total. The van der Waals surface area contributed by atoms with Gasteiger partial charge in [0.15, 0.2) is 0 Å². The van der Waals surface area contributed by atoms with Gasteiger partial charge in [0, 0.05) is 19.1 Å². The third-order valence-corrected chi connectivity index (χ3v) is 12.4. The highest BCUT2D eigenvalue weighted by Crippen LogP contribution is 2.82. The molecule has 0 aliphatic heterocycles. The Labute approximate surface area is 172 Å². The number of ether oxygens (including phenoxy) is 1. The number of aliphatic hydroxyl groups is 1. The number of aliphatic hydroxyl groups excluding tert-OH is 1. The first-order chi connectivity index (χ1) is 13.4. The van der Waals surface area contributed by atoms with Crippen LogP contribution in [-0.2, 0) is 4.74 Å². The molecule has 1 spiro atoms. The van der Waals surface area contributed by atoms with Gasteiger partial charge in [-0.2, -0.15) is 0 Å². The first kappa shape index (κ1) is 18.7. The molecule has 0 aromatic rings. The summed E-state index contributed by atoms with van der Waals surface area (Å²) in [4.78, 5) is 0. The first-order valence-corrected chi connectivity index (χ1v) is 12.5. The fourth-order valence-corrected chi connectivity index (χ4v) is 10.9. The van der Waals surface area contributed by atoms with Crippen molar-refractivity contribution in [3.8, 4) is 0 Å². The van der Waals surface area contributed by atoms with Crippen LogP contribution in [0.2, 0.25) is 0 Å². The Hall–Kier alpha value is -0.0800. The molecule has 2 nitrogen and oxygen atoms in total. The van der Waals surface area contributed by atoms with Crippen molar-refractivity contribution in [3.05, 3.63) is 0 Å². The van der Waals surface area contributed by atoms with E-state index >= 15 is 0 Å². The summed E-state index contributed by atoms with van der Waals surface area (Å²) in [5, 5.41) is 9.61. The summed E-state index contributed by atoms with van der Waals surface area (Å²) >= 11 is 0. The van der Waals surface area contributed by atoms with Crippen molar-refractivity contribution in [2.45, 2.75) is 84.7 Å². The summed E-state index contributed by atoms with van der Waals surface area (Å²) in [7, 11) is 2.01. The fourth-order valence-electron chi connectivity index (χ4n) is 10.9. The second-order valence-corrected chi connectivity index (χ2v) is 12.7. The lowest BCUT2D eigenvalue weighted by molar-refractivity contribution is -0.161. The van der Waals surface area contributed by atoms with Crippen molar-refractivity contribution in [2.75, 3.05) is 13.7 Å². The molecule has 6 fully saturated rings. The number of fused-ring (bicyclic) bond motifs is 4. The number of methoxy groups -OCH3 is 1. The smallest absolute Gasteiger partial charge is 0.0638 e. The Morgan fingerprint density at radius 2 is 1.86 bits per heavy atom. The zero-order valence-corrected chi connectivity index (χ0v) is 18.6. The zero-order chi connectivity index (χ0) is 19.5. The highest BCUT2D eigenvalue weighted by atomic mass is 16.5. The second kappa shape index (κ2) is 5.78. The maximum Gasteiger partial charge on any atom is 0.0638 e. The molecule has 0 heterocycles. The lowest BCUT2D eigenvalue weighted by Crippen LogP contribution is -2.57. The highest BCUT2D eigenvalue weighted by molar-refractivity contribution is 5.26. The second-order valence-electron chi connectivity index (χ2n) is 12.7. The van der Waals surface area contributed by atoms with E-state index in [4.69, 9.17) is 4.74 Å². The Balaban J connectivity index is 1.29. The van der Waals surface area contributed by atoms with Gasteiger partial charge >= 0.3 is 0 Å². The lowest BCUT2D eigenvalue weighted by Gasteiger charge is -2.61. The Morgan fingerprint density at radius 3 is 2.54 bits per heavy atom. The van der Waals surface area contributed by atoms with Crippen LogP contribution in [0.1, 0.15) is 78.6 Å². The minimum Gasteiger partial charge on any atom is -0.396 e. The van der Waals surface area contributed by atoms with Gasteiger partial charge in [-0.15, -0.1) is 0 Å². The van der Waals surface area contributed by atoms with Crippen LogP contribution in [0.3, 0.4) is 0 Å². The summed E-state index contributed by atoms with van der Waals surface area (Å²) in [6.45, 7) is 8.33. The fraction of sp³-hybridized carbons (Fsp3) is 1.00. The van der Waals surface area contributed by atoms with Crippen molar-refractivity contribution < 1.29 is 9.84 Å². The summed E-state index contributed by atoms with van der Waals surface area (Å²) in [5.74, 6) is 6.91. The highest BCUT2D eigenvalue weighted by Gasteiger charge is 2.77. The van der Waals surface area contributed by atoms with Gasteiger partial charge in [-0.05, 0) is 116 Å². The minimum atomic E-state index is 0.420. The van der Waals surface area contributed by atoms with Crippen LogP contribution in [0.25, 0.3) is 0 Å². The van der Waals surface area contributed by atoms with Crippen molar-refractivity contribution in [2.24, 2.45) is 63.6 Å². The number of hydrogen-bond acceptors (Lipinski definition) is 2. The maximum atomic E-state index is 9.61. The molecule has 0 saturated heterocycles. The van der Waals surface area contributed by atoms with Crippen molar-refractivity contribution >= 4 is 0 Å². The molecular formula is C26H42O2. The number of hydrogen-bond donors (Lipinski definition) is 1. The Morgan fingerprint density at radius 1 is 1.04 bits per heavy atom. The SMILES string of the molecule is CO[C@@H]1C[C@H]2[C@@H]3CC[C@H]([C@H](C)[C@H]4C[C@@H]4CO)[C@@]3(C)CC[C@@H]2[C@@]2(C)CC[C@@H]3C[C@]312. The largest absolute Gasteiger partial charge is 0.396 e. The molecule has 158 valence electrons. The molecule has 6 rings (SSSR count). The van der Waals surface area contributed by atoms with Gasteiger partial charge in [0.1, 0.15) is 0 Å². The quantitative estimate of drug-likeness (QED) is 0.688. The van der Waals surface area contributed by atoms with E-state index in [0.29, 0.717) is 34.9 Å². The Bertz CT molecular complexity index is 661. The average molecular weight is 387 g/mol. The molecular weight excluding hydrogens is 344 g/mol. The van der Waals surface area contributed by atoms with Gasteiger partial charge in [-0.3, -0.25) is 0 Å². The molecule has 2 heteroatoms. The molecule has 0 unspecified atom stereocenters. The van der Waals surface area contributed by atoms with Crippen molar-refractivity contribution in [1.82, 2.24) is 0 Å². The van der Waals surface area contributed by atoms with E-state index in [1.54, 1.807) is 0 Å². The predicted octanol–water partition coefficient (Wildman–Crippen LogP) is 5.53. The van der Waals surface area contributed by atoms with Crippen LogP contribution in [0.5, 0.6) is 0 Å². The molecule has 6 saturated carbocycles. The monoisotopic (exact) mass is 386 g/mol. The molecule has 0 bridgehead atoms. The first-order valence-electron chi connectivity index (χ1n) is 12.5. The molecule has 28 heavy (non-hydrogen) atoms. The van der Waals surface area contributed by atoms with E-state index in [2.05, 4.69) is 20.8 Å². The number of rotatable bonds is 4. The third-order valence-electron chi connectivity index (χ3n) is 12.4. The van der Waals surface area contributed by atoms with Crippen LogP contribution >= 0.6 is 0 Å². The van der Waals surface area contributed by atoms with Crippen LogP contribution < -0.4 is 0 Å². The zero-order valence-electron chi connectivity index (χ0n) is 18.6. The van der Waals surface area contributed by atoms with Crippen LogP contribution in [0.4, 0.5) is 0 Å². The van der Waals surface area contributed by atoms with E-state index in [-0.39, 0.29) is 0 Å². The van der Waals surface area contributed by atoms with E-state index in [1.807, 2.05) is 7.11 Å². The average Bonchev–Trinajstić information content (AvgIpc) is 3.56. The van der Waals surface area contributed by atoms with Crippen molar-refractivity contribution in [3.63, 3.8) is 0 Å². The third kappa shape index (κ3) is 2.04. The maximum absolute atomic E-state index is 9.61. The van der Waals surface area contributed by atoms with Gasteiger partial charge in [-0.1, -0.05) is 20.8 Å². The van der Waals surface area contributed by atoms with Gasteiger partial charge in [0.25, 0.3) is 0 Å². The van der Waals surface area contributed by atoms with Crippen LogP contribution in [0, 0.1) is 63.6 Å². The van der Waals surface area contributed by atoms with Crippen LogP contribution in [0.15, 0.2) is 0 Å². The molecule has 6 aliphatic carbocycles. The molecule has 0 radical (unpaired) electrons. The molecule has 6 aliphatic rings. The van der Waals surface area contributed by atoms with E-state index < -0.39 is 0 Å². The van der Waals surface area contributed by atoms with Gasteiger partial charge < -0.3 is 9.84 Å². The van der Waals surface area contributed by atoms with E-state index in [9.17, 15) is 5.11 Å². The topological polar surface area (TPSA) is 29.5 Å². The van der Waals surface area contributed by atoms with E-state index in [0.717, 1.165) is 41.4 Å². The Kier molecular flexibility index (Phi) is 3.86. The lowest BCUT2D eigenvalue weighted by atomic mass is 9.45. The molecule has 0 aromatic carbocycles.